The molecule has 0 fully saturated rings. The lowest BCUT2D eigenvalue weighted by molar-refractivity contribution is 0.475. The van der Waals surface area contributed by atoms with Crippen LogP contribution in [0, 0.1) is 23.3 Å². The van der Waals surface area contributed by atoms with Crippen molar-refractivity contribution in [3.63, 3.8) is 0 Å². The van der Waals surface area contributed by atoms with Gasteiger partial charge in [0.2, 0.25) is 0 Å². The van der Waals surface area contributed by atoms with Gasteiger partial charge in [-0.05, 0) is 22.9 Å². The molecule has 1 nitrogen and oxygen atoms in total. The van der Waals surface area contributed by atoms with Crippen molar-refractivity contribution in [2.45, 2.75) is 38.9 Å². The predicted molar refractivity (Wildman–Crippen MR) is 116 cm³/mol. The Morgan fingerprint density at radius 3 is 1.80 bits per heavy atom. The lowest BCUT2D eigenvalue weighted by Crippen LogP contribution is -2.43. The first-order valence-electron chi connectivity index (χ1n) is 9.93. The molecular formula is C24H24F4OSi. The third kappa shape index (κ3) is 4.14. The van der Waals surface area contributed by atoms with Gasteiger partial charge in [-0.1, -0.05) is 75.3 Å². The van der Waals surface area contributed by atoms with Crippen molar-refractivity contribution >= 4 is 13.3 Å². The van der Waals surface area contributed by atoms with Crippen molar-refractivity contribution in [1.82, 2.24) is 0 Å². The topological polar surface area (TPSA) is 20.2 Å². The number of benzene rings is 3. The Hall–Kier alpha value is -2.60. The Morgan fingerprint density at radius 2 is 1.20 bits per heavy atom. The minimum atomic E-state index is -2.19. The van der Waals surface area contributed by atoms with Crippen LogP contribution < -0.4 is 5.19 Å². The van der Waals surface area contributed by atoms with Gasteiger partial charge in [-0.25, -0.2) is 17.6 Å². The Kier molecular flexibility index (Phi) is 6.36. The summed E-state index contributed by atoms with van der Waals surface area (Å²) in [5.41, 5.74) is -0.292. The predicted octanol–water partition coefficient (Wildman–Crippen LogP) is 7.00. The molecule has 0 radical (unpaired) electrons. The molecular weight excluding hydrogens is 408 g/mol. The summed E-state index contributed by atoms with van der Waals surface area (Å²) in [4.78, 5) is 0. The van der Waals surface area contributed by atoms with Crippen LogP contribution in [0.25, 0.3) is 22.3 Å². The zero-order valence-corrected chi connectivity index (χ0v) is 18.2. The lowest BCUT2D eigenvalue weighted by atomic mass is 9.98. The average Bonchev–Trinajstić information content (AvgIpc) is 2.71. The number of aromatic hydroxyl groups is 1. The highest BCUT2D eigenvalue weighted by molar-refractivity contribution is 6.89. The van der Waals surface area contributed by atoms with Crippen LogP contribution in [0.15, 0.2) is 48.5 Å². The molecule has 1 N–H and O–H groups in total. The van der Waals surface area contributed by atoms with Crippen LogP contribution in [0.2, 0.25) is 19.1 Å². The standard InChI is InChI=1S/C24H24F4OSi/c1-4-5-14-30(2,3)20-13-12-19(23(27)24(20)28)18-11-10-17(21(25)22(18)26)15-6-8-16(29)9-7-15/h6-13,29H,4-5,14H2,1-3H3. The first kappa shape index (κ1) is 22.1. The highest BCUT2D eigenvalue weighted by Gasteiger charge is 2.29. The maximum Gasteiger partial charge on any atom is 0.167 e. The fourth-order valence-corrected chi connectivity index (χ4v) is 6.40. The number of phenolic OH excluding ortho intramolecular Hbond substituents is 1. The largest absolute Gasteiger partial charge is 0.508 e. The van der Waals surface area contributed by atoms with Crippen LogP contribution in [0.5, 0.6) is 5.75 Å². The van der Waals surface area contributed by atoms with Gasteiger partial charge in [0.25, 0.3) is 0 Å². The second-order valence-corrected chi connectivity index (χ2v) is 12.9. The molecule has 0 aliphatic rings. The smallest absolute Gasteiger partial charge is 0.167 e. The normalized spacial score (nSPS) is 11.7. The fraction of sp³-hybridized carbons (Fsp3) is 0.250. The van der Waals surface area contributed by atoms with Crippen molar-refractivity contribution in [1.29, 1.82) is 0 Å². The highest BCUT2D eigenvalue weighted by atomic mass is 28.3. The summed E-state index contributed by atoms with van der Waals surface area (Å²) in [6.07, 6.45) is 1.90. The van der Waals surface area contributed by atoms with Gasteiger partial charge in [-0.3, -0.25) is 0 Å². The van der Waals surface area contributed by atoms with E-state index in [1.54, 1.807) is 0 Å². The van der Waals surface area contributed by atoms with E-state index in [2.05, 4.69) is 0 Å². The summed E-state index contributed by atoms with van der Waals surface area (Å²) < 4.78 is 59.4. The van der Waals surface area contributed by atoms with Crippen LogP contribution in [-0.4, -0.2) is 13.2 Å². The molecule has 0 saturated heterocycles. The van der Waals surface area contributed by atoms with Gasteiger partial charge in [0.1, 0.15) is 5.75 Å². The molecule has 3 aromatic rings. The summed E-state index contributed by atoms with van der Waals surface area (Å²) in [5.74, 6) is -4.52. The van der Waals surface area contributed by atoms with Crippen molar-refractivity contribution < 1.29 is 22.7 Å². The number of unbranched alkanes of at least 4 members (excludes halogenated alkanes) is 1. The summed E-state index contributed by atoms with van der Waals surface area (Å²) in [6, 6.07) is 11.9. The molecule has 0 bridgehead atoms. The quantitative estimate of drug-likeness (QED) is 0.328. The first-order valence-corrected chi connectivity index (χ1v) is 13.1. The van der Waals surface area contributed by atoms with Gasteiger partial charge in [0.05, 0.1) is 8.07 Å². The van der Waals surface area contributed by atoms with E-state index in [0.717, 1.165) is 18.9 Å². The van der Waals surface area contributed by atoms with Gasteiger partial charge in [0, 0.05) is 16.7 Å². The summed E-state index contributed by atoms with van der Waals surface area (Å²) >= 11 is 0. The van der Waals surface area contributed by atoms with Gasteiger partial charge < -0.3 is 5.11 Å². The van der Waals surface area contributed by atoms with Crippen LogP contribution in [0.3, 0.4) is 0 Å². The van der Waals surface area contributed by atoms with Crippen LogP contribution in [0.4, 0.5) is 17.6 Å². The maximum absolute atomic E-state index is 14.9. The number of phenols is 1. The van der Waals surface area contributed by atoms with E-state index >= 15 is 0 Å². The monoisotopic (exact) mass is 432 g/mol. The molecule has 0 unspecified atom stereocenters. The molecule has 3 rings (SSSR count). The Bertz CT molecular complexity index is 1060. The maximum atomic E-state index is 14.9. The molecule has 0 aliphatic carbocycles. The average molecular weight is 433 g/mol. The lowest BCUT2D eigenvalue weighted by Gasteiger charge is -2.24. The van der Waals surface area contributed by atoms with Gasteiger partial charge in [0.15, 0.2) is 23.3 Å². The van der Waals surface area contributed by atoms with Crippen molar-refractivity contribution in [3.05, 3.63) is 71.8 Å². The first-order chi connectivity index (χ1) is 14.2. The second kappa shape index (κ2) is 8.64. The summed E-state index contributed by atoms with van der Waals surface area (Å²) in [5, 5.41) is 9.72. The molecule has 0 amide bonds. The van der Waals surface area contributed by atoms with E-state index in [-0.39, 0.29) is 22.4 Å². The molecule has 3 aromatic carbocycles. The third-order valence-electron chi connectivity index (χ3n) is 5.52. The van der Waals surface area contributed by atoms with E-state index in [4.69, 9.17) is 0 Å². The molecule has 0 atom stereocenters. The molecule has 0 aromatic heterocycles. The SMILES string of the molecule is CCCC[Si](C)(C)c1ccc(-c2ccc(-c3ccc(O)cc3)c(F)c2F)c(F)c1F. The van der Waals surface area contributed by atoms with Crippen molar-refractivity contribution in [2.24, 2.45) is 0 Å². The molecule has 158 valence electrons. The Morgan fingerprint density at radius 1 is 0.700 bits per heavy atom. The van der Waals surface area contributed by atoms with E-state index in [1.165, 1.54) is 48.5 Å². The molecule has 30 heavy (non-hydrogen) atoms. The number of hydrogen-bond acceptors (Lipinski definition) is 1. The van der Waals surface area contributed by atoms with Crippen LogP contribution >= 0.6 is 0 Å². The highest BCUT2D eigenvalue weighted by Crippen LogP contribution is 2.34. The summed E-state index contributed by atoms with van der Waals surface area (Å²) in [7, 11) is -2.19. The molecule has 6 heteroatoms. The Labute approximate surface area is 175 Å². The van der Waals surface area contributed by atoms with Gasteiger partial charge >= 0.3 is 0 Å². The molecule has 0 spiro atoms. The van der Waals surface area contributed by atoms with E-state index in [0.29, 0.717) is 10.8 Å². The van der Waals surface area contributed by atoms with Crippen molar-refractivity contribution in [3.8, 4) is 28.0 Å². The van der Waals surface area contributed by atoms with E-state index in [1.807, 2.05) is 20.0 Å². The minimum Gasteiger partial charge on any atom is -0.508 e. The fourth-order valence-electron chi connectivity index (χ4n) is 3.65. The summed E-state index contributed by atoms with van der Waals surface area (Å²) in [6.45, 7) is 6.00. The third-order valence-corrected chi connectivity index (χ3v) is 8.97. The second-order valence-electron chi connectivity index (χ2n) is 8.11. The zero-order valence-electron chi connectivity index (χ0n) is 17.2. The molecule has 0 saturated carbocycles. The van der Waals surface area contributed by atoms with Gasteiger partial charge in [-0.15, -0.1) is 0 Å². The van der Waals surface area contributed by atoms with Crippen molar-refractivity contribution in [2.75, 3.05) is 0 Å². The number of rotatable bonds is 6. The molecule has 0 aliphatic heterocycles. The van der Waals surface area contributed by atoms with Crippen LogP contribution in [-0.2, 0) is 0 Å². The molecule has 0 heterocycles. The van der Waals surface area contributed by atoms with E-state index in [9.17, 15) is 22.7 Å². The zero-order chi connectivity index (χ0) is 22.1. The number of hydrogen-bond donors (Lipinski definition) is 1. The van der Waals surface area contributed by atoms with Crippen LogP contribution in [0.1, 0.15) is 19.8 Å². The Balaban J connectivity index is 2.05. The minimum absolute atomic E-state index is 0.000651. The number of halogens is 4. The van der Waals surface area contributed by atoms with E-state index < -0.39 is 31.3 Å². The van der Waals surface area contributed by atoms with Gasteiger partial charge in [-0.2, -0.15) is 0 Å².